The van der Waals surface area contributed by atoms with Gasteiger partial charge in [0.25, 0.3) is 5.91 Å². The molecule has 0 atom stereocenters. The first-order chi connectivity index (χ1) is 14.6. The summed E-state index contributed by atoms with van der Waals surface area (Å²) in [6.07, 6.45) is 5.63. The molecule has 0 spiro atoms. The topological polar surface area (TPSA) is 53.0 Å². The molecule has 1 amide bonds. The summed E-state index contributed by atoms with van der Waals surface area (Å²) in [6.45, 7) is 2.08. The molecule has 0 saturated carbocycles. The second-order valence-corrected chi connectivity index (χ2v) is 7.58. The monoisotopic (exact) mass is 392 g/mol. The van der Waals surface area contributed by atoms with E-state index in [1.807, 2.05) is 42.5 Å². The highest BCUT2D eigenvalue weighted by Crippen LogP contribution is 2.33. The maximum Gasteiger partial charge on any atom is 0.255 e. The number of hydrogen-bond donors (Lipinski definition) is 2. The molecular weight excluding hydrogens is 368 g/mol. The van der Waals surface area contributed by atoms with Crippen LogP contribution in [0.1, 0.15) is 39.9 Å². The van der Waals surface area contributed by atoms with Crippen LogP contribution in [0.2, 0.25) is 0 Å². The van der Waals surface area contributed by atoms with Crippen LogP contribution in [0, 0.1) is 12.3 Å². The summed E-state index contributed by atoms with van der Waals surface area (Å²) in [7, 11) is 0. The van der Waals surface area contributed by atoms with Gasteiger partial charge in [-0.2, -0.15) is 0 Å². The summed E-state index contributed by atoms with van der Waals surface area (Å²) in [5, 5.41) is 11.1. The molecule has 2 N–H and O–H groups in total. The summed E-state index contributed by atoms with van der Waals surface area (Å²) in [5.74, 6) is -0.117. The Hall–Kier alpha value is -3.72. The molecule has 1 aliphatic carbocycles. The lowest BCUT2D eigenvalue weighted by Gasteiger charge is -2.19. The maximum absolute atomic E-state index is 12.4. The molecule has 3 nitrogen and oxygen atoms in total. The summed E-state index contributed by atoms with van der Waals surface area (Å²) in [6, 6.07) is 25.6. The molecule has 0 aliphatic heterocycles. The molecule has 0 radical (unpaired) electrons. The molecule has 0 aromatic heterocycles. The third-order valence-electron chi connectivity index (χ3n) is 5.21. The van der Waals surface area contributed by atoms with Gasteiger partial charge >= 0.3 is 0 Å². The molecule has 0 heterocycles. The molecule has 0 saturated heterocycles. The Morgan fingerprint density at radius 2 is 1.63 bits per heavy atom. The third kappa shape index (κ3) is 4.64. The first-order valence-electron chi connectivity index (χ1n) is 10.1. The van der Waals surface area contributed by atoms with Gasteiger partial charge < -0.3 is 10.7 Å². The van der Waals surface area contributed by atoms with Crippen molar-refractivity contribution in [3.8, 4) is 0 Å². The van der Waals surface area contributed by atoms with Gasteiger partial charge in [-0.25, -0.2) is 0 Å². The molecule has 4 rings (SSSR count). The lowest BCUT2D eigenvalue weighted by atomic mass is 9.86. The zero-order valence-corrected chi connectivity index (χ0v) is 17.0. The zero-order chi connectivity index (χ0) is 20.9. The number of hydrogen-bond acceptors (Lipinski definition) is 2. The number of amides is 1. The summed E-state index contributed by atoms with van der Waals surface area (Å²) in [4.78, 5) is 12.4. The Labute approximate surface area is 177 Å². The van der Waals surface area contributed by atoms with Gasteiger partial charge in [0, 0.05) is 29.8 Å². The molecular formula is C27H24N2O. The lowest BCUT2D eigenvalue weighted by molar-refractivity contribution is 0.102. The van der Waals surface area contributed by atoms with Crippen LogP contribution in [0.3, 0.4) is 0 Å². The minimum atomic E-state index is -0.117. The van der Waals surface area contributed by atoms with E-state index in [9.17, 15) is 4.79 Å². The van der Waals surface area contributed by atoms with Crippen molar-refractivity contribution in [2.45, 2.75) is 19.8 Å². The molecule has 148 valence electrons. The van der Waals surface area contributed by atoms with E-state index in [-0.39, 0.29) is 5.91 Å². The van der Waals surface area contributed by atoms with Gasteiger partial charge in [0.2, 0.25) is 0 Å². The highest BCUT2D eigenvalue weighted by Gasteiger charge is 2.16. The van der Waals surface area contributed by atoms with E-state index in [0.717, 1.165) is 33.7 Å². The number of allylic oxidation sites excluding steroid dienone is 3. The standard InChI is InChI=1S/C27H24N2O/c1-19-7-9-20(10-8-19)17-23-18-24(28)13-16-26(23)21-11-14-25(15-12-21)29-27(30)22-5-3-2-4-6-22/h2-12,14-17,28H,13,18H2,1H3,(H,29,30). The summed E-state index contributed by atoms with van der Waals surface area (Å²) in [5.41, 5.74) is 7.91. The number of nitrogens with one attached hydrogen (secondary N) is 2. The summed E-state index contributed by atoms with van der Waals surface area (Å²) < 4.78 is 0. The normalized spacial score (nSPS) is 15.0. The fourth-order valence-electron chi connectivity index (χ4n) is 3.58. The van der Waals surface area contributed by atoms with Crippen molar-refractivity contribution < 1.29 is 4.79 Å². The Morgan fingerprint density at radius 1 is 0.933 bits per heavy atom. The van der Waals surface area contributed by atoms with E-state index in [2.05, 4.69) is 48.7 Å². The Balaban J connectivity index is 1.56. The van der Waals surface area contributed by atoms with E-state index >= 15 is 0 Å². The van der Waals surface area contributed by atoms with Crippen molar-refractivity contribution in [3.63, 3.8) is 0 Å². The Morgan fingerprint density at radius 3 is 2.33 bits per heavy atom. The van der Waals surface area contributed by atoms with Crippen molar-refractivity contribution in [1.82, 2.24) is 0 Å². The number of carbonyl (C=O) groups excluding carboxylic acids is 1. The number of benzene rings is 3. The molecule has 30 heavy (non-hydrogen) atoms. The molecule has 3 aromatic rings. The largest absolute Gasteiger partial charge is 0.322 e. The van der Waals surface area contributed by atoms with Gasteiger partial charge in [-0.3, -0.25) is 4.79 Å². The van der Waals surface area contributed by atoms with Crippen LogP contribution in [0.15, 0.2) is 90.5 Å². The van der Waals surface area contributed by atoms with E-state index in [1.165, 1.54) is 5.56 Å². The minimum Gasteiger partial charge on any atom is -0.322 e. The minimum absolute atomic E-state index is 0.117. The van der Waals surface area contributed by atoms with Crippen molar-refractivity contribution >= 4 is 29.0 Å². The highest BCUT2D eigenvalue weighted by molar-refractivity contribution is 6.04. The van der Waals surface area contributed by atoms with E-state index < -0.39 is 0 Å². The number of aryl methyl sites for hydroxylation is 1. The van der Waals surface area contributed by atoms with Crippen molar-refractivity contribution in [2.75, 3.05) is 5.32 Å². The second kappa shape index (κ2) is 8.75. The van der Waals surface area contributed by atoms with Crippen LogP contribution in [-0.4, -0.2) is 11.6 Å². The first-order valence-corrected chi connectivity index (χ1v) is 10.1. The first kappa shape index (κ1) is 19.6. The predicted molar refractivity (Wildman–Crippen MR) is 125 cm³/mol. The third-order valence-corrected chi connectivity index (χ3v) is 5.21. The fraction of sp³-hybridized carbons (Fsp3) is 0.111. The van der Waals surface area contributed by atoms with Gasteiger partial charge in [0.1, 0.15) is 0 Å². The van der Waals surface area contributed by atoms with Gasteiger partial charge in [0.15, 0.2) is 0 Å². The average Bonchev–Trinajstić information content (AvgIpc) is 2.77. The number of carbonyl (C=O) groups is 1. The zero-order valence-electron chi connectivity index (χ0n) is 17.0. The van der Waals surface area contributed by atoms with Gasteiger partial charge in [0.05, 0.1) is 0 Å². The average molecular weight is 393 g/mol. The number of anilines is 1. The molecule has 0 unspecified atom stereocenters. The Kier molecular flexibility index (Phi) is 5.71. The van der Waals surface area contributed by atoms with E-state index in [4.69, 9.17) is 5.41 Å². The fourth-order valence-corrected chi connectivity index (χ4v) is 3.58. The second-order valence-electron chi connectivity index (χ2n) is 7.58. The maximum atomic E-state index is 12.4. The van der Waals surface area contributed by atoms with E-state index in [1.54, 1.807) is 12.1 Å². The number of rotatable bonds is 4. The summed E-state index contributed by atoms with van der Waals surface area (Å²) >= 11 is 0. The van der Waals surface area contributed by atoms with Crippen LogP contribution in [-0.2, 0) is 0 Å². The van der Waals surface area contributed by atoms with E-state index in [0.29, 0.717) is 18.4 Å². The van der Waals surface area contributed by atoms with Crippen LogP contribution in [0.4, 0.5) is 5.69 Å². The lowest BCUT2D eigenvalue weighted by Crippen LogP contribution is -2.11. The smallest absolute Gasteiger partial charge is 0.255 e. The van der Waals surface area contributed by atoms with Gasteiger partial charge in [-0.1, -0.05) is 72.3 Å². The van der Waals surface area contributed by atoms with Crippen LogP contribution >= 0.6 is 0 Å². The van der Waals surface area contributed by atoms with Gasteiger partial charge in [-0.05, 0) is 53.5 Å². The van der Waals surface area contributed by atoms with Crippen molar-refractivity contribution in [1.29, 1.82) is 5.41 Å². The van der Waals surface area contributed by atoms with Crippen LogP contribution in [0.25, 0.3) is 11.6 Å². The van der Waals surface area contributed by atoms with Crippen LogP contribution in [0.5, 0.6) is 0 Å². The molecule has 1 aliphatic rings. The van der Waals surface area contributed by atoms with Crippen LogP contribution < -0.4 is 5.32 Å². The van der Waals surface area contributed by atoms with Crippen molar-refractivity contribution in [2.24, 2.45) is 0 Å². The predicted octanol–water partition coefficient (Wildman–Crippen LogP) is 6.53. The molecule has 3 aromatic carbocycles. The highest BCUT2D eigenvalue weighted by atomic mass is 16.1. The molecule has 3 heteroatoms. The molecule has 0 bridgehead atoms. The van der Waals surface area contributed by atoms with Crippen molar-refractivity contribution in [3.05, 3.63) is 113 Å². The SMILES string of the molecule is Cc1ccc(C=C2CC(=N)CC=C2c2ccc(NC(=O)c3ccccc3)cc2)cc1. The Bertz CT molecular complexity index is 1120. The quantitative estimate of drug-likeness (QED) is 0.521. The molecule has 0 fully saturated rings. The van der Waals surface area contributed by atoms with Gasteiger partial charge in [-0.15, -0.1) is 0 Å².